The van der Waals surface area contributed by atoms with Gasteiger partial charge in [0.2, 0.25) is 56.7 Å². The van der Waals surface area contributed by atoms with E-state index >= 15 is 0 Å². The molecule has 0 radical (unpaired) electrons. The van der Waals surface area contributed by atoms with Crippen LogP contribution in [0.2, 0.25) is 0 Å². The van der Waals surface area contributed by atoms with Crippen LogP contribution in [0.4, 0.5) is 0 Å². The largest absolute Gasteiger partial charge is 0.437 e. The number of aryl methyl sites for hydroxylation is 9. The third kappa shape index (κ3) is 12.0. The van der Waals surface area contributed by atoms with Gasteiger partial charge in [0, 0.05) is 131 Å². The molecule has 12 aromatic heterocycles. The summed E-state index contributed by atoms with van der Waals surface area (Å²) in [5.41, 5.74) is 24.8. The summed E-state index contributed by atoms with van der Waals surface area (Å²) in [6, 6.07) is 96.8. The fourth-order valence-corrected chi connectivity index (χ4v) is 17.8. The zero-order chi connectivity index (χ0) is 85.7. The number of furan rings is 4. The van der Waals surface area contributed by atoms with Crippen LogP contribution in [0.1, 0.15) is 47.2 Å². The molecule has 12 nitrogen and oxygen atoms in total. The molecule has 0 saturated carbocycles. The summed E-state index contributed by atoms with van der Waals surface area (Å²) in [5.74, 6) is 0. The highest BCUT2D eigenvalue weighted by Crippen LogP contribution is 2.45. The van der Waals surface area contributed by atoms with Gasteiger partial charge in [-0.3, -0.25) is 0 Å². The highest BCUT2D eigenvalue weighted by molar-refractivity contribution is 6.16. The maximum atomic E-state index is 8.25. The van der Waals surface area contributed by atoms with Crippen LogP contribution < -0.4 is 18.3 Å². The van der Waals surface area contributed by atoms with Gasteiger partial charge in [-0.25, -0.2) is 29.1 Å². The van der Waals surface area contributed by atoms with Gasteiger partial charge in [0.25, 0.3) is 0 Å². The molecule has 0 fully saturated rings. The van der Waals surface area contributed by atoms with Crippen molar-refractivity contribution < 1.29 is 44.2 Å². The lowest BCUT2D eigenvalue weighted by Gasteiger charge is -2.11. The van der Waals surface area contributed by atoms with Gasteiger partial charge >= 0.3 is 0 Å². The van der Waals surface area contributed by atoms with Gasteiger partial charge in [0.15, 0.2) is 34.7 Å². The molecule has 570 valence electrons. The van der Waals surface area contributed by atoms with Crippen LogP contribution >= 0.6 is 0 Å². The van der Waals surface area contributed by atoms with E-state index in [1.165, 1.54) is 32.8 Å². The molecule has 0 saturated heterocycles. The summed E-state index contributed by atoms with van der Waals surface area (Å²) >= 11 is 0. The Morgan fingerprint density at radius 3 is 1.03 bits per heavy atom. The van der Waals surface area contributed by atoms with Crippen LogP contribution in [0.25, 0.3) is 220 Å². The fourth-order valence-electron chi connectivity index (χ4n) is 17.8. The quantitative estimate of drug-likeness (QED) is 0.160. The summed E-state index contributed by atoms with van der Waals surface area (Å²) in [6.45, 7) is 5.59. The summed E-state index contributed by atoms with van der Waals surface area (Å²) in [7, 11) is 8.20. The average molecular weight is 1550 g/mol. The molecular formula is C107H82N8O4+4. The Morgan fingerprint density at radius 1 is 0.244 bits per heavy atom. The number of pyridine rings is 8. The van der Waals surface area contributed by atoms with Crippen LogP contribution in [0.3, 0.4) is 0 Å². The average Bonchev–Trinajstić information content (AvgIpc) is 1.67. The molecule has 0 bridgehead atoms. The first-order valence-corrected chi connectivity index (χ1v) is 39.9. The standard InChI is InChI=1S/C28H23N2O.C27H21N2O.2C26H19N2O/c1-16-13-21-22-15-19-9-5-7-11-23(19)29-28(22)31-27(21)26(18(16)3)25-14-17(2)20-10-6-8-12-24(20)30(25)4;1-16-12-21-22-13-19-9-6-7-11-23(19)28-27(22)30-26(21)25(17(16)2)24-14-18-8-4-5-10-20(18)15-29(24)3;1-16-11-13-19-20-15-18-8-3-5-9-21(18)27-26(20)29-25(19)24(16)23-14-12-17-7-4-6-10-22(17)28(23)2;1-16-11-12-20-21-13-18-8-5-6-10-22(18)27-26(21)29-25(20)24(16)23-14-17-7-3-4-9-19(17)15-28(23)2/h5-15H,1-4H3;4-15H,1-3H3;2*3-15H,1-2H3/q4*+1/i2*1D3;;. The van der Waals surface area contributed by atoms with E-state index < -0.39 is 13.7 Å². The summed E-state index contributed by atoms with van der Waals surface area (Å²) in [6.07, 6.45) is 4.24. The Bertz CT molecular complexity index is 8520. The molecule has 12 heteroatoms. The van der Waals surface area contributed by atoms with Gasteiger partial charge in [0.1, 0.15) is 28.2 Å². The van der Waals surface area contributed by atoms with Crippen LogP contribution in [-0.4, -0.2) is 19.9 Å². The molecule has 119 heavy (non-hydrogen) atoms. The van der Waals surface area contributed by atoms with E-state index in [2.05, 4.69) is 213 Å². The number of para-hydroxylation sites is 6. The van der Waals surface area contributed by atoms with E-state index in [-0.39, 0.29) is 0 Å². The summed E-state index contributed by atoms with van der Waals surface area (Å²) in [4.78, 5) is 19.0. The van der Waals surface area contributed by atoms with Crippen molar-refractivity contribution >= 4 is 175 Å². The summed E-state index contributed by atoms with van der Waals surface area (Å²) < 4.78 is 83.4. The minimum absolute atomic E-state index is 0.328. The monoisotopic (exact) mass is 1550 g/mol. The van der Waals surface area contributed by atoms with E-state index in [1.807, 2.05) is 154 Å². The zero-order valence-electron chi connectivity index (χ0n) is 73.0. The molecule has 12 heterocycles. The Kier molecular flexibility index (Phi) is 15.5. The Balaban J connectivity index is 0.000000102. The van der Waals surface area contributed by atoms with Crippen molar-refractivity contribution in [3.05, 3.63) is 336 Å². The number of hydrogen-bond acceptors (Lipinski definition) is 8. The van der Waals surface area contributed by atoms with E-state index in [0.29, 0.717) is 56.3 Å². The van der Waals surface area contributed by atoms with Gasteiger partial charge in [-0.15, -0.1) is 0 Å². The highest BCUT2D eigenvalue weighted by Gasteiger charge is 2.29. The second-order valence-electron chi connectivity index (χ2n) is 31.3. The Labute approximate surface area is 693 Å². The predicted molar refractivity (Wildman–Crippen MR) is 486 cm³/mol. The van der Waals surface area contributed by atoms with Crippen molar-refractivity contribution in [1.82, 2.24) is 19.9 Å². The van der Waals surface area contributed by atoms with E-state index in [1.54, 1.807) is 12.1 Å². The molecule has 0 amide bonds. The normalized spacial score (nSPS) is 12.8. The van der Waals surface area contributed by atoms with Crippen molar-refractivity contribution in [3.8, 4) is 45.0 Å². The molecule has 0 aliphatic heterocycles. The van der Waals surface area contributed by atoms with E-state index in [9.17, 15) is 0 Å². The fraction of sp³-hybridized carbons (Fsp3) is 0.103. The molecule has 12 aromatic carbocycles. The third-order valence-electron chi connectivity index (χ3n) is 24.0. The van der Waals surface area contributed by atoms with E-state index in [4.69, 9.17) is 45.8 Å². The lowest BCUT2D eigenvalue weighted by Crippen LogP contribution is -2.32. The summed E-state index contributed by atoms with van der Waals surface area (Å²) in [5, 5.41) is 18.7. The SMILES string of the molecule is Cc1ccc2c(oc3nc4ccccc4cc32)c1-c1cc2ccccc2c[n+]1C.Cc1ccc2c(oc3nc4ccccc4cc32)c1-c1ccc2ccccc2[n+]1C.[2H]C([2H])([2H])c1cc2c(oc3nc4ccccc4cc32)c(-c2cc(C)c3ccccc3[n+]2C)c1C.[2H]C([2H])([2H])c1cc2c(oc3nc4ccccc4cc32)c(-c2cc3ccccc3c[n+]2C)c1C. The first-order valence-electron chi connectivity index (χ1n) is 42.9. The molecule has 24 aromatic rings. The van der Waals surface area contributed by atoms with E-state index in [0.717, 1.165) is 170 Å². The minimum atomic E-state index is -2.26. The molecule has 0 aliphatic carbocycles. The molecular weight excluding hydrogens is 1460 g/mol. The molecule has 0 aliphatic rings. The first kappa shape index (κ1) is 65.4. The predicted octanol–water partition coefficient (Wildman–Crippen LogP) is 25.3. The lowest BCUT2D eigenvalue weighted by atomic mass is 9.95. The second kappa shape index (κ2) is 28.2. The molecule has 0 N–H and O–H groups in total. The van der Waals surface area contributed by atoms with Crippen molar-refractivity contribution in [2.75, 3.05) is 0 Å². The number of nitrogens with zero attached hydrogens (tertiary/aromatic N) is 8. The lowest BCUT2D eigenvalue weighted by molar-refractivity contribution is -0.659. The zero-order valence-corrected chi connectivity index (χ0v) is 67.0. The molecule has 0 unspecified atom stereocenters. The van der Waals surface area contributed by atoms with Crippen molar-refractivity contribution in [3.63, 3.8) is 0 Å². The third-order valence-corrected chi connectivity index (χ3v) is 24.0. The van der Waals surface area contributed by atoms with Gasteiger partial charge in [-0.2, -0.15) is 9.13 Å². The maximum absolute atomic E-state index is 8.25. The molecule has 0 atom stereocenters. The van der Waals surface area contributed by atoms with Crippen molar-refractivity contribution in [2.45, 2.75) is 48.3 Å². The van der Waals surface area contributed by atoms with Crippen LogP contribution in [0.5, 0.6) is 0 Å². The van der Waals surface area contributed by atoms with Gasteiger partial charge in [0.05, 0.1) is 44.3 Å². The van der Waals surface area contributed by atoms with Crippen LogP contribution in [-0.2, 0) is 28.2 Å². The highest BCUT2D eigenvalue weighted by atomic mass is 16.4. The van der Waals surface area contributed by atoms with Gasteiger partial charge in [-0.1, -0.05) is 158 Å². The molecule has 0 spiro atoms. The van der Waals surface area contributed by atoms with Crippen LogP contribution in [0, 0.1) is 48.3 Å². The Morgan fingerprint density at radius 2 is 0.588 bits per heavy atom. The number of hydrogen-bond donors (Lipinski definition) is 0. The maximum Gasteiger partial charge on any atom is 0.227 e. The first-order chi connectivity index (χ1) is 60.4. The smallest absolute Gasteiger partial charge is 0.227 e. The number of fused-ring (bicyclic) bond motifs is 20. The number of benzene rings is 12. The number of aromatic nitrogens is 8. The second-order valence-corrected chi connectivity index (χ2v) is 31.3. The van der Waals surface area contributed by atoms with Crippen molar-refractivity contribution in [2.24, 2.45) is 28.2 Å². The van der Waals surface area contributed by atoms with Crippen LogP contribution in [0.15, 0.2) is 315 Å². The Hall–Kier alpha value is -14.9. The topological polar surface area (TPSA) is 120 Å². The molecule has 24 rings (SSSR count). The van der Waals surface area contributed by atoms with Crippen molar-refractivity contribution in [1.29, 1.82) is 0 Å². The van der Waals surface area contributed by atoms with Gasteiger partial charge in [-0.05, 0) is 189 Å². The minimum Gasteiger partial charge on any atom is -0.437 e. The number of rotatable bonds is 4. The van der Waals surface area contributed by atoms with Gasteiger partial charge < -0.3 is 17.7 Å².